The minimum atomic E-state index is -0.423. The fourth-order valence-corrected chi connectivity index (χ4v) is 1.92. The zero-order valence-corrected chi connectivity index (χ0v) is 10.1. The van der Waals surface area contributed by atoms with Gasteiger partial charge >= 0.3 is 0 Å². The molecule has 0 saturated heterocycles. The molecule has 0 radical (unpaired) electrons. The van der Waals surface area contributed by atoms with Gasteiger partial charge in [0.2, 0.25) is 5.91 Å². The maximum absolute atomic E-state index is 12.0. The van der Waals surface area contributed by atoms with Gasteiger partial charge in [-0.2, -0.15) is 0 Å². The number of carbonyl (C=O) groups is 2. The van der Waals surface area contributed by atoms with E-state index in [4.69, 9.17) is 5.73 Å². The molecule has 3 N–H and O–H groups in total. The van der Waals surface area contributed by atoms with Crippen molar-refractivity contribution in [3.8, 4) is 0 Å². The number of rotatable bonds is 4. The number of fused-ring (bicyclic) bond motifs is 1. The molecule has 1 aromatic heterocycles. The highest BCUT2D eigenvalue weighted by molar-refractivity contribution is 6.07. The van der Waals surface area contributed by atoms with Gasteiger partial charge in [0, 0.05) is 37.1 Å². The Hall–Kier alpha value is -2.30. The van der Waals surface area contributed by atoms with Gasteiger partial charge in [0.05, 0.1) is 5.56 Å². The smallest absolute Gasteiger partial charge is 0.253 e. The maximum atomic E-state index is 12.0. The van der Waals surface area contributed by atoms with Crippen molar-refractivity contribution >= 4 is 22.7 Å². The summed E-state index contributed by atoms with van der Waals surface area (Å²) in [7, 11) is 1.89. The van der Waals surface area contributed by atoms with Gasteiger partial charge in [0.15, 0.2) is 0 Å². The van der Waals surface area contributed by atoms with E-state index in [1.54, 1.807) is 6.20 Å². The van der Waals surface area contributed by atoms with Crippen LogP contribution in [0.25, 0.3) is 10.9 Å². The molecular weight excluding hydrogens is 230 g/mol. The normalized spacial score (nSPS) is 10.5. The first-order chi connectivity index (χ1) is 8.59. The van der Waals surface area contributed by atoms with E-state index in [1.165, 1.54) is 0 Å². The average Bonchev–Trinajstić information content (AvgIpc) is 2.67. The Bertz CT molecular complexity index is 601. The summed E-state index contributed by atoms with van der Waals surface area (Å²) >= 11 is 0. The van der Waals surface area contributed by atoms with Gasteiger partial charge in [-0.15, -0.1) is 0 Å². The first-order valence-corrected chi connectivity index (χ1v) is 5.70. The molecule has 2 rings (SSSR count). The molecule has 1 aromatic carbocycles. The number of benzene rings is 1. The van der Waals surface area contributed by atoms with Crippen LogP contribution in [0.3, 0.4) is 0 Å². The number of nitrogens with two attached hydrogens (primary N) is 1. The highest BCUT2D eigenvalue weighted by Crippen LogP contribution is 2.19. The molecule has 0 aliphatic carbocycles. The summed E-state index contributed by atoms with van der Waals surface area (Å²) in [6, 6.07) is 7.67. The van der Waals surface area contributed by atoms with E-state index in [0.717, 1.165) is 10.9 Å². The average molecular weight is 245 g/mol. The third-order valence-corrected chi connectivity index (χ3v) is 2.80. The summed E-state index contributed by atoms with van der Waals surface area (Å²) in [6.07, 6.45) is 1.93. The van der Waals surface area contributed by atoms with E-state index >= 15 is 0 Å². The molecule has 18 heavy (non-hydrogen) atoms. The predicted octanol–water partition coefficient (Wildman–Crippen LogP) is 0.783. The Balaban J connectivity index is 2.20. The van der Waals surface area contributed by atoms with Crippen LogP contribution < -0.4 is 11.1 Å². The monoisotopic (exact) mass is 245 g/mol. The van der Waals surface area contributed by atoms with Crippen LogP contribution in [0.4, 0.5) is 0 Å². The highest BCUT2D eigenvalue weighted by atomic mass is 16.2. The quantitative estimate of drug-likeness (QED) is 0.835. The van der Waals surface area contributed by atoms with Crippen LogP contribution in [0.2, 0.25) is 0 Å². The number of carbonyl (C=O) groups excluding carboxylic acids is 2. The molecule has 0 bridgehead atoms. The van der Waals surface area contributed by atoms with E-state index < -0.39 is 5.91 Å². The molecular formula is C13H15N3O2. The first kappa shape index (κ1) is 12.2. The minimum absolute atomic E-state index is 0.149. The van der Waals surface area contributed by atoms with Crippen molar-refractivity contribution in [2.75, 3.05) is 6.54 Å². The second-order valence-electron chi connectivity index (χ2n) is 4.14. The molecule has 5 heteroatoms. The van der Waals surface area contributed by atoms with Crippen LogP contribution in [0, 0.1) is 0 Å². The van der Waals surface area contributed by atoms with E-state index in [1.807, 2.05) is 35.9 Å². The second kappa shape index (κ2) is 4.91. The van der Waals surface area contributed by atoms with Crippen LogP contribution in [0.1, 0.15) is 16.8 Å². The number of amides is 2. The molecule has 0 aliphatic heterocycles. The van der Waals surface area contributed by atoms with E-state index in [9.17, 15) is 9.59 Å². The number of nitrogens with zero attached hydrogens (tertiary/aromatic N) is 1. The zero-order chi connectivity index (χ0) is 13.1. The Morgan fingerprint density at radius 2 is 2.06 bits per heavy atom. The van der Waals surface area contributed by atoms with Gasteiger partial charge < -0.3 is 15.6 Å². The third-order valence-electron chi connectivity index (χ3n) is 2.80. The van der Waals surface area contributed by atoms with Crippen molar-refractivity contribution in [2.45, 2.75) is 6.42 Å². The number of hydrogen-bond acceptors (Lipinski definition) is 2. The summed E-state index contributed by atoms with van der Waals surface area (Å²) in [6.45, 7) is 0.261. The van der Waals surface area contributed by atoms with Crippen LogP contribution in [0.5, 0.6) is 0 Å². The van der Waals surface area contributed by atoms with Crippen LogP contribution in [0.15, 0.2) is 30.5 Å². The summed E-state index contributed by atoms with van der Waals surface area (Å²) in [5.74, 6) is -0.610. The Kier molecular flexibility index (Phi) is 3.32. The number of aromatic nitrogens is 1. The van der Waals surface area contributed by atoms with Gasteiger partial charge in [-0.25, -0.2) is 0 Å². The summed E-state index contributed by atoms with van der Waals surface area (Å²) in [5, 5.41) is 3.58. The molecule has 94 valence electrons. The third kappa shape index (κ3) is 2.34. The molecule has 2 aromatic rings. The van der Waals surface area contributed by atoms with E-state index in [2.05, 4.69) is 5.32 Å². The number of nitrogens with one attached hydrogen (secondary N) is 1. The summed E-state index contributed by atoms with van der Waals surface area (Å²) in [5.41, 5.74) is 6.62. The Morgan fingerprint density at radius 1 is 1.33 bits per heavy atom. The molecule has 0 atom stereocenters. The molecule has 0 spiro atoms. The molecule has 0 unspecified atom stereocenters. The van der Waals surface area contributed by atoms with Gasteiger partial charge in [-0.3, -0.25) is 9.59 Å². The van der Waals surface area contributed by atoms with Crippen molar-refractivity contribution in [2.24, 2.45) is 12.8 Å². The van der Waals surface area contributed by atoms with Crippen LogP contribution >= 0.6 is 0 Å². The fourth-order valence-electron chi connectivity index (χ4n) is 1.92. The molecule has 2 amide bonds. The van der Waals surface area contributed by atoms with Crippen molar-refractivity contribution in [3.63, 3.8) is 0 Å². The number of hydrogen-bond donors (Lipinski definition) is 2. The molecule has 0 saturated carbocycles. The number of primary amides is 1. The summed E-state index contributed by atoms with van der Waals surface area (Å²) < 4.78 is 1.90. The zero-order valence-electron chi connectivity index (χ0n) is 10.1. The largest absolute Gasteiger partial charge is 0.370 e. The van der Waals surface area contributed by atoms with Gasteiger partial charge in [0.1, 0.15) is 0 Å². The lowest BCUT2D eigenvalue weighted by Crippen LogP contribution is -2.27. The van der Waals surface area contributed by atoms with E-state index in [-0.39, 0.29) is 18.9 Å². The van der Waals surface area contributed by atoms with Crippen molar-refractivity contribution in [1.82, 2.24) is 9.88 Å². The topological polar surface area (TPSA) is 77.1 Å². The molecule has 5 nitrogen and oxygen atoms in total. The first-order valence-electron chi connectivity index (χ1n) is 5.70. The van der Waals surface area contributed by atoms with E-state index in [0.29, 0.717) is 5.56 Å². The lowest BCUT2D eigenvalue weighted by molar-refractivity contribution is -0.117. The Labute approximate surface area is 105 Å². The lowest BCUT2D eigenvalue weighted by Gasteiger charge is -2.02. The van der Waals surface area contributed by atoms with Gasteiger partial charge in [-0.1, -0.05) is 18.2 Å². The minimum Gasteiger partial charge on any atom is -0.370 e. The van der Waals surface area contributed by atoms with Crippen LogP contribution in [-0.4, -0.2) is 22.9 Å². The van der Waals surface area contributed by atoms with Crippen LogP contribution in [-0.2, 0) is 11.8 Å². The van der Waals surface area contributed by atoms with Crippen molar-refractivity contribution < 1.29 is 9.59 Å². The maximum Gasteiger partial charge on any atom is 0.253 e. The van der Waals surface area contributed by atoms with Crippen molar-refractivity contribution in [3.05, 3.63) is 36.0 Å². The fraction of sp³-hybridized carbons (Fsp3) is 0.231. The van der Waals surface area contributed by atoms with Crippen molar-refractivity contribution in [1.29, 1.82) is 0 Å². The standard InChI is InChI=1S/C13H15N3O2/c1-16-8-10(9-4-2-3-5-11(9)16)13(18)15-7-6-12(14)17/h2-5,8H,6-7H2,1H3,(H2,14,17)(H,15,18). The van der Waals surface area contributed by atoms with Gasteiger partial charge in [-0.05, 0) is 6.07 Å². The predicted molar refractivity (Wildman–Crippen MR) is 69.1 cm³/mol. The summed E-state index contributed by atoms with van der Waals surface area (Å²) in [4.78, 5) is 22.6. The Morgan fingerprint density at radius 3 is 2.78 bits per heavy atom. The second-order valence-corrected chi connectivity index (χ2v) is 4.14. The van der Waals surface area contributed by atoms with Gasteiger partial charge in [0.25, 0.3) is 5.91 Å². The molecule has 0 fully saturated rings. The molecule has 1 heterocycles. The highest BCUT2D eigenvalue weighted by Gasteiger charge is 2.12. The number of para-hydroxylation sites is 1. The SMILES string of the molecule is Cn1cc(C(=O)NCCC(N)=O)c2ccccc21. The lowest BCUT2D eigenvalue weighted by atomic mass is 10.1. The molecule has 0 aliphatic rings. The number of aryl methyl sites for hydroxylation is 1.